The second-order valence-corrected chi connectivity index (χ2v) is 6.42. The van der Waals surface area contributed by atoms with Gasteiger partial charge in [0.2, 0.25) is 0 Å². The summed E-state index contributed by atoms with van der Waals surface area (Å²) >= 11 is 3.65. The van der Waals surface area contributed by atoms with Crippen molar-refractivity contribution in [3.05, 3.63) is 33.8 Å². The highest BCUT2D eigenvalue weighted by atomic mass is 79.9. The van der Waals surface area contributed by atoms with Gasteiger partial charge >= 0.3 is 0 Å². The van der Waals surface area contributed by atoms with Crippen LogP contribution in [0.4, 0.5) is 0 Å². The third-order valence-electron chi connectivity index (χ3n) is 3.52. The van der Waals surface area contributed by atoms with Gasteiger partial charge in [0, 0.05) is 17.6 Å². The lowest BCUT2D eigenvalue weighted by Gasteiger charge is -2.09. The molecule has 1 aromatic carbocycles. The largest absolute Gasteiger partial charge is 0.377 e. The van der Waals surface area contributed by atoms with Gasteiger partial charge in [-0.15, -0.1) is 0 Å². The van der Waals surface area contributed by atoms with E-state index in [1.165, 1.54) is 49.7 Å². The SMILES string of the molecule is CCCCCCCOCc1ccc(CNCCC)cc1Br. The molecule has 120 valence electrons. The van der Waals surface area contributed by atoms with Crippen LogP contribution in [0, 0.1) is 0 Å². The van der Waals surface area contributed by atoms with Crippen LogP contribution in [0.3, 0.4) is 0 Å². The van der Waals surface area contributed by atoms with Crippen LogP contribution in [0.5, 0.6) is 0 Å². The van der Waals surface area contributed by atoms with Crippen molar-refractivity contribution in [2.45, 2.75) is 65.5 Å². The molecule has 0 aliphatic heterocycles. The molecule has 0 spiro atoms. The molecule has 0 fully saturated rings. The molecular formula is C18H30BrNO. The van der Waals surface area contributed by atoms with E-state index in [-0.39, 0.29) is 0 Å². The van der Waals surface area contributed by atoms with Crippen molar-refractivity contribution in [2.24, 2.45) is 0 Å². The Balaban J connectivity index is 2.22. The highest BCUT2D eigenvalue weighted by molar-refractivity contribution is 9.10. The highest BCUT2D eigenvalue weighted by Gasteiger charge is 2.02. The lowest BCUT2D eigenvalue weighted by atomic mass is 10.1. The zero-order valence-corrected chi connectivity index (χ0v) is 15.2. The van der Waals surface area contributed by atoms with Crippen molar-refractivity contribution >= 4 is 15.9 Å². The number of hydrogen-bond donors (Lipinski definition) is 1. The summed E-state index contributed by atoms with van der Waals surface area (Å²) in [6, 6.07) is 6.56. The minimum absolute atomic E-state index is 0.705. The van der Waals surface area contributed by atoms with E-state index in [1.54, 1.807) is 0 Å². The molecule has 1 N–H and O–H groups in total. The van der Waals surface area contributed by atoms with Gasteiger partial charge in [-0.2, -0.15) is 0 Å². The summed E-state index contributed by atoms with van der Waals surface area (Å²) < 4.78 is 6.93. The second-order valence-electron chi connectivity index (χ2n) is 5.57. The Kier molecular flexibility index (Phi) is 10.8. The second kappa shape index (κ2) is 12.2. The Morgan fingerprint density at radius 3 is 2.57 bits per heavy atom. The Morgan fingerprint density at radius 2 is 1.86 bits per heavy atom. The predicted molar refractivity (Wildman–Crippen MR) is 94.6 cm³/mol. The fraction of sp³-hybridized carbons (Fsp3) is 0.667. The number of halogens is 1. The molecule has 0 saturated heterocycles. The summed E-state index contributed by atoms with van der Waals surface area (Å²) in [6.07, 6.45) is 7.62. The molecule has 0 atom stereocenters. The fourth-order valence-electron chi connectivity index (χ4n) is 2.22. The maximum Gasteiger partial charge on any atom is 0.0727 e. The average molecular weight is 356 g/mol. The fourth-order valence-corrected chi connectivity index (χ4v) is 2.76. The molecule has 0 aliphatic carbocycles. The van der Waals surface area contributed by atoms with E-state index in [1.807, 2.05) is 0 Å². The van der Waals surface area contributed by atoms with Crippen LogP contribution >= 0.6 is 15.9 Å². The Bertz CT molecular complexity index is 381. The molecule has 0 heterocycles. The zero-order chi connectivity index (χ0) is 15.3. The van der Waals surface area contributed by atoms with E-state index in [9.17, 15) is 0 Å². The molecule has 2 nitrogen and oxygen atoms in total. The number of benzene rings is 1. The Hall–Kier alpha value is -0.380. The van der Waals surface area contributed by atoms with Gasteiger partial charge in [-0.25, -0.2) is 0 Å². The number of rotatable bonds is 12. The lowest BCUT2D eigenvalue weighted by Crippen LogP contribution is -2.13. The van der Waals surface area contributed by atoms with Gasteiger partial charge in [0.1, 0.15) is 0 Å². The topological polar surface area (TPSA) is 21.3 Å². The molecule has 0 unspecified atom stereocenters. The van der Waals surface area contributed by atoms with Gasteiger partial charge in [0.15, 0.2) is 0 Å². The third-order valence-corrected chi connectivity index (χ3v) is 4.26. The van der Waals surface area contributed by atoms with Gasteiger partial charge in [-0.3, -0.25) is 0 Å². The molecule has 1 aromatic rings. The minimum Gasteiger partial charge on any atom is -0.377 e. The van der Waals surface area contributed by atoms with Gasteiger partial charge in [0.25, 0.3) is 0 Å². The van der Waals surface area contributed by atoms with Crippen molar-refractivity contribution in [1.82, 2.24) is 5.32 Å². The highest BCUT2D eigenvalue weighted by Crippen LogP contribution is 2.19. The van der Waals surface area contributed by atoms with E-state index in [0.717, 1.165) is 24.2 Å². The maximum atomic E-state index is 5.77. The molecule has 0 amide bonds. The van der Waals surface area contributed by atoms with Crippen LogP contribution in [-0.4, -0.2) is 13.2 Å². The van der Waals surface area contributed by atoms with Crippen LogP contribution < -0.4 is 5.32 Å². The number of hydrogen-bond acceptors (Lipinski definition) is 2. The molecule has 0 saturated carbocycles. The first-order valence-corrected chi connectivity index (χ1v) is 9.13. The Labute approximate surface area is 138 Å². The Morgan fingerprint density at radius 1 is 1.05 bits per heavy atom. The van der Waals surface area contributed by atoms with Gasteiger partial charge in [-0.1, -0.05) is 67.6 Å². The van der Waals surface area contributed by atoms with Gasteiger partial charge in [0.05, 0.1) is 6.61 Å². The summed E-state index contributed by atoms with van der Waals surface area (Å²) in [6.45, 7) is 8.01. The molecule has 0 radical (unpaired) electrons. The summed E-state index contributed by atoms with van der Waals surface area (Å²) in [5.41, 5.74) is 2.56. The minimum atomic E-state index is 0.705. The normalized spacial score (nSPS) is 11.0. The molecule has 3 heteroatoms. The average Bonchev–Trinajstić information content (AvgIpc) is 2.48. The summed E-state index contributed by atoms with van der Waals surface area (Å²) in [5.74, 6) is 0. The molecule has 21 heavy (non-hydrogen) atoms. The first kappa shape index (κ1) is 18.7. The quantitative estimate of drug-likeness (QED) is 0.504. The standard InChI is InChI=1S/C18H30BrNO/c1-3-5-6-7-8-12-21-15-17-10-9-16(13-18(17)19)14-20-11-4-2/h9-10,13,20H,3-8,11-12,14-15H2,1-2H3. The number of nitrogens with one attached hydrogen (secondary N) is 1. The van der Waals surface area contributed by atoms with Crippen LogP contribution in [0.25, 0.3) is 0 Å². The molecule has 0 aromatic heterocycles. The number of unbranched alkanes of at least 4 members (excludes halogenated alkanes) is 4. The van der Waals surface area contributed by atoms with E-state index in [4.69, 9.17) is 4.74 Å². The van der Waals surface area contributed by atoms with E-state index in [2.05, 4.69) is 53.3 Å². The van der Waals surface area contributed by atoms with Crippen molar-refractivity contribution in [3.63, 3.8) is 0 Å². The van der Waals surface area contributed by atoms with E-state index in [0.29, 0.717) is 6.61 Å². The lowest BCUT2D eigenvalue weighted by molar-refractivity contribution is 0.116. The van der Waals surface area contributed by atoms with Crippen LogP contribution in [0.2, 0.25) is 0 Å². The van der Waals surface area contributed by atoms with Crippen molar-refractivity contribution in [3.8, 4) is 0 Å². The van der Waals surface area contributed by atoms with Gasteiger partial charge < -0.3 is 10.1 Å². The first-order valence-electron chi connectivity index (χ1n) is 8.33. The molecule has 0 bridgehead atoms. The predicted octanol–water partition coefficient (Wildman–Crippen LogP) is 5.44. The van der Waals surface area contributed by atoms with Crippen LogP contribution in [-0.2, 0) is 17.9 Å². The van der Waals surface area contributed by atoms with Crippen molar-refractivity contribution in [2.75, 3.05) is 13.2 Å². The van der Waals surface area contributed by atoms with Crippen LogP contribution in [0.1, 0.15) is 63.5 Å². The summed E-state index contributed by atoms with van der Waals surface area (Å²) in [4.78, 5) is 0. The van der Waals surface area contributed by atoms with Crippen molar-refractivity contribution in [1.29, 1.82) is 0 Å². The summed E-state index contributed by atoms with van der Waals surface area (Å²) in [5, 5.41) is 3.42. The molecular weight excluding hydrogens is 326 g/mol. The summed E-state index contributed by atoms with van der Waals surface area (Å²) in [7, 11) is 0. The smallest absolute Gasteiger partial charge is 0.0727 e. The maximum absolute atomic E-state index is 5.77. The van der Waals surface area contributed by atoms with Crippen molar-refractivity contribution < 1.29 is 4.74 Å². The first-order chi connectivity index (χ1) is 10.3. The molecule has 0 aliphatic rings. The zero-order valence-electron chi connectivity index (χ0n) is 13.6. The van der Waals surface area contributed by atoms with Crippen LogP contribution in [0.15, 0.2) is 22.7 Å². The molecule has 1 rings (SSSR count). The number of ether oxygens (including phenoxy) is 1. The monoisotopic (exact) mass is 355 g/mol. The third kappa shape index (κ3) is 8.60. The van der Waals surface area contributed by atoms with E-state index < -0.39 is 0 Å². The van der Waals surface area contributed by atoms with Gasteiger partial charge in [-0.05, 0) is 36.6 Å². The van der Waals surface area contributed by atoms with E-state index >= 15 is 0 Å².